The molecule has 0 amide bonds. The summed E-state index contributed by atoms with van der Waals surface area (Å²) in [6.45, 7) is 13.8. The Labute approximate surface area is 139 Å². The molecule has 2 aromatic heterocycles. The van der Waals surface area contributed by atoms with Gasteiger partial charge in [-0.15, -0.1) is 0 Å². The second-order valence-electron chi connectivity index (χ2n) is 5.80. The first-order valence-corrected chi connectivity index (χ1v) is 8.34. The molecule has 0 saturated heterocycles. The van der Waals surface area contributed by atoms with Crippen LogP contribution in [-0.4, -0.2) is 44.5 Å². The highest BCUT2D eigenvalue weighted by Crippen LogP contribution is 2.17. The van der Waals surface area contributed by atoms with Crippen LogP contribution >= 0.6 is 0 Å². The van der Waals surface area contributed by atoms with E-state index in [1.54, 1.807) is 7.11 Å². The van der Waals surface area contributed by atoms with Crippen LogP contribution < -0.4 is 0 Å². The Balaban J connectivity index is 2.09. The summed E-state index contributed by atoms with van der Waals surface area (Å²) in [5.41, 5.74) is 3.74. The van der Waals surface area contributed by atoms with Crippen molar-refractivity contribution in [1.29, 1.82) is 0 Å². The minimum atomic E-state index is 0.705. The van der Waals surface area contributed by atoms with Gasteiger partial charge in [-0.3, -0.25) is 9.58 Å². The van der Waals surface area contributed by atoms with Crippen LogP contribution in [0.4, 0.5) is 0 Å². The minimum Gasteiger partial charge on any atom is -0.383 e. The summed E-state index contributed by atoms with van der Waals surface area (Å²) < 4.78 is 9.42. The molecule has 6 heteroatoms. The van der Waals surface area contributed by atoms with Gasteiger partial charge in [0.05, 0.1) is 18.8 Å². The number of hydrogen-bond donors (Lipinski definition) is 0. The predicted octanol–water partition coefficient (Wildman–Crippen LogP) is 2.38. The van der Waals surface area contributed by atoms with Gasteiger partial charge >= 0.3 is 0 Å². The Hall–Kier alpha value is -1.66. The molecule has 0 fully saturated rings. The zero-order chi connectivity index (χ0) is 16.8. The maximum absolute atomic E-state index is 5.17. The molecule has 0 aliphatic rings. The van der Waals surface area contributed by atoms with Crippen molar-refractivity contribution in [3.63, 3.8) is 0 Å². The molecule has 128 valence electrons. The van der Waals surface area contributed by atoms with Crippen molar-refractivity contribution >= 4 is 0 Å². The standard InChI is InChI=1S/C17H29N5O/c1-6-20(12-16-14(3)19-22(7-2)15(16)4)13-17-18-8-9-21(17)10-11-23-5/h8-9H,6-7,10-13H2,1-5H3. The molecule has 0 N–H and O–H groups in total. The fraction of sp³-hybridized carbons (Fsp3) is 0.647. The fourth-order valence-electron chi connectivity index (χ4n) is 2.86. The van der Waals surface area contributed by atoms with Gasteiger partial charge in [-0.1, -0.05) is 6.92 Å². The molecule has 0 bridgehead atoms. The summed E-state index contributed by atoms with van der Waals surface area (Å²) in [5.74, 6) is 1.09. The van der Waals surface area contributed by atoms with Gasteiger partial charge in [0.25, 0.3) is 0 Å². The summed E-state index contributed by atoms with van der Waals surface area (Å²) in [6.07, 6.45) is 3.89. The normalized spacial score (nSPS) is 11.6. The van der Waals surface area contributed by atoms with Crippen LogP contribution in [0.1, 0.15) is 36.6 Å². The molecular formula is C17H29N5O. The van der Waals surface area contributed by atoms with Crippen molar-refractivity contribution in [1.82, 2.24) is 24.2 Å². The van der Waals surface area contributed by atoms with Crippen LogP contribution in [0.2, 0.25) is 0 Å². The second-order valence-corrected chi connectivity index (χ2v) is 5.80. The van der Waals surface area contributed by atoms with E-state index in [1.165, 1.54) is 11.3 Å². The lowest BCUT2D eigenvalue weighted by molar-refractivity contribution is 0.183. The SMILES string of the molecule is CCN(Cc1c(C)nn(CC)c1C)Cc1nccn1CCOC. The van der Waals surface area contributed by atoms with E-state index in [2.05, 4.69) is 51.9 Å². The van der Waals surface area contributed by atoms with Crippen molar-refractivity contribution in [3.05, 3.63) is 35.2 Å². The molecule has 0 atom stereocenters. The number of rotatable bonds is 9. The van der Waals surface area contributed by atoms with Gasteiger partial charge in [-0.2, -0.15) is 5.10 Å². The first-order chi connectivity index (χ1) is 11.1. The Kier molecular flexibility index (Phi) is 6.36. The Bertz CT molecular complexity index is 617. The van der Waals surface area contributed by atoms with E-state index in [-0.39, 0.29) is 0 Å². The average Bonchev–Trinajstić information content (AvgIpc) is 3.10. The first kappa shape index (κ1) is 17.7. The molecule has 2 aromatic rings. The monoisotopic (exact) mass is 319 g/mol. The molecule has 23 heavy (non-hydrogen) atoms. The average molecular weight is 319 g/mol. The summed E-state index contributed by atoms with van der Waals surface area (Å²) in [4.78, 5) is 6.92. The molecule has 0 unspecified atom stereocenters. The van der Waals surface area contributed by atoms with Crippen LogP contribution in [0.15, 0.2) is 12.4 Å². The molecule has 6 nitrogen and oxygen atoms in total. The number of nitrogens with zero attached hydrogens (tertiary/aromatic N) is 5. The van der Waals surface area contributed by atoms with E-state index in [0.717, 1.165) is 44.2 Å². The van der Waals surface area contributed by atoms with Gasteiger partial charge in [-0.05, 0) is 27.3 Å². The van der Waals surface area contributed by atoms with E-state index < -0.39 is 0 Å². The lowest BCUT2D eigenvalue weighted by Gasteiger charge is -2.21. The van der Waals surface area contributed by atoms with Crippen molar-refractivity contribution in [2.75, 3.05) is 20.3 Å². The van der Waals surface area contributed by atoms with E-state index in [9.17, 15) is 0 Å². The third-order valence-corrected chi connectivity index (χ3v) is 4.36. The number of hydrogen-bond acceptors (Lipinski definition) is 4. The van der Waals surface area contributed by atoms with Gasteiger partial charge in [0.15, 0.2) is 0 Å². The van der Waals surface area contributed by atoms with Gasteiger partial charge in [0.1, 0.15) is 5.82 Å². The molecule has 2 heterocycles. The maximum Gasteiger partial charge on any atom is 0.122 e. The molecule has 0 aromatic carbocycles. The molecule has 0 radical (unpaired) electrons. The van der Waals surface area contributed by atoms with Crippen molar-refractivity contribution in [3.8, 4) is 0 Å². The third-order valence-electron chi connectivity index (χ3n) is 4.36. The lowest BCUT2D eigenvalue weighted by Crippen LogP contribution is -2.25. The van der Waals surface area contributed by atoms with Crippen LogP contribution in [0, 0.1) is 13.8 Å². The summed E-state index contributed by atoms with van der Waals surface area (Å²) in [7, 11) is 1.73. The van der Waals surface area contributed by atoms with Gasteiger partial charge in [-0.25, -0.2) is 4.98 Å². The lowest BCUT2D eigenvalue weighted by atomic mass is 10.2. The van der Waals surface area contributed by atoms with E-state index in [4.69, 9.17) is 4.74 Å². The molecule has 0 aliphatic carbocycles. The second kappa shape index (κ2) is 8.26. The Morgan fingerprint density at radius 2 is 2.00 bits per heavy atom. The molecule has 2 rings (SSSR count). The summed E-state index contributed by atoms with van der Waals surface area (Å²) >= 11 is 0. The summed E-state index contributed by atoms with van der Waals surface area (Å²) in [5, 5.41) is 4.62. The van der Waals surface area contributed by atoms with E-state index in [1.807, 2.05) is 12.4 Å². The van der Waals surface area contributed by atoms with Crippen LogP contribution in [-0.2, 0) is 30.9 Å². The molecule has 0 spiro atoms. The van der Waals surface area contributed by atoms with Crippen LogP contribution in [0.3, 0.4) is 0 Å². The van der Waals surface area contributed by atoms with Gasteiger partial charge < -0.3 is 9.30 Å². The fourth-order valence-corrected chi connectivity index (χ4v) is 2.86. The number of imidazole rings is 1. The van der Waals surface area contributed by atoms with Crippen molar-refractivity contribution in [2.45, 2.75) is 53.9 Å². The van der Waals surface area contributed by atoms with Gasteiger partial charge in [0.2, 0.25) is 0 Å². The van der Waals surface area contributed by atoms with Crippen molar-refractivity contribution < 1.29 is 4.74 Å². The third kappa shape index (κ3) is 4.20. The zero-order valence-electron chi connectivity index (χ0n) is 15.0. The topological polar surface area (TPSA) is 48.1 Å². The predicted molar refractivity (Wildman–Crippen MR) is 91.3 cm³/mol. The quantitative estimate of drug-likeness (QED) is 0.712. The highest BCUT2D eigenvalue weighted by molar-refractivity contribution is 5.24. The van der Waals surface area contributed by atoms with E-state index >= 15 is 0 Å². The number of aromatic nitrogens is 4. The minimum absolute atomic E-state index is 0.705. The number of methoxy groups -OCH3 is 1. The van der Waals surface area contributed by atoms with Crippen molar-refractivity contribution in [2.24, 2.45) is 0 Å². The van der Waals surface area contributed by atoms with Crippen LogP contribution in [0.25, 0.3) is 0 Å². The number of ether oxygens (including phenoxy) is 1. The summed E-state index contributed by atoms with van der Waals surface area (Å²) in [6, 6.07) is 0. The maximum atomic E-state index is 5.17. The molecule has 0 aliphatic heterocycles. The smallest absolute Gasteiger partial charge is 0.122 e. The largest absolute Gasteiger partial charge is 0.383 e. The Morgan fingerprint density at radius 3 is 2.61 bits per heavy atom. The highest BCUT2D eigenvalue weighted by atomic mass is 16.5. The van der Waals surface area contributed by atoms with E-state index in [0.29, 0.717) is 6.61 Å². The molecular weight excluding hydrogens is 290 g/mol. The van der Waals surface area contributed by atoms with Gasteiger partial charge in [0, 0.05) is 50.4 Å². The molecule has 0 saturated carbocycles. The zero-order valence-corrected chi connectivity index (χ0v) is 15.0. The Morgan fingerprint density at radius 1 is 1.22 bits per heavy atom. The first-order valence-electron chi connectivity index (χ1n) is 8.34. The highest BCUT2D eigenvalue weighted by Gasteiger charge is 2.15. The number of aryl methyl sites for hydroxylation is 2. The van der Waals surface area contributed by atoms with Crippen LogP contribution in [0.5, 0.6) is 0 Å².